The van der Waals surface area contributed by atoms with Crippen LogP contribution >= 0.6 is 7.82 Å². The SMILES string of the molecule is CC/C=C\C/C=C\C/C=C\C/C=C\C/C=C\C/C=C\CCCCCCCCCCC(=O)NC(COP(=O)(O)OCC[N+](C)(C)C)C(O)/C=C/CC/C=C/CC/C=C/CCCCCCCCCCCCCCC. The molecule has 0 aliphatic rings. The highest BCUT2D eigenvalue weighted by Crippen LogP contribution is 2.43. The molecule has 0 rings (SSSR count). The van der Waals surface area contributed by atoms with E-state index in [9.17, 15) is 19.4 Å². The Morgan fingerprint density at radius 2 is 0.847 bits per heavy atom. The fourth-order valence-corrected chi connectivity index (χ4v) is 8.64. The summed E-state index contributed by atoms with van der Waals surface area (Å²) in [5.74, 6) is -0.203. The number of phosphoric acid groups is 1. The highest BCUT2D eigenvalue weighted by atomic mass is 31.2. The van der Waals surface area contributed by atoms with Crippen molar-refractivity contribution in [1.82, 2.24) is 5.32 Å². The van der Waals surface area contributed by atoms with Gasteiger partial charge in [0.1, 0.15) is 13.2 Å². The lowest BCUT2D eigenvalue weighted by Gasteiger charge is -2.25. The smallest absolute Gasteiger partial charge is 0.387 e. The Morgan fingerprint density at radius 3 is 1.28 bits per heavy atom. The number of rotatable bonds is 52. The monoisotopic (exact) mass is 1020 g/mol. The Morgan fingerprint density at radius 1 is 0.486 bits per heavy atom. The van der Waals surface area contributed by atoms with Crippen LogP contribution in [0, 0.1) is 0 Å². The Hall–Kier alpha value is -2.84. The maximum Gasteiger partial charge on any atom is 0.472 e. The van der Waals surface area contributed by atoms with Gasteiger partial charge in [-0.25, -0.2) is 4.57 Å². The second kappa shape index (κ2) is 53.0. The molecule has 0 heterocycles. The number of amides is 1. The number of allylic oxidation sites excluding steroid dienone is 17. The zero-order chi connectivity index (χ0) is 52.7. The largest absolute Gasteiger partial charge is 0.472 e. The van der Waals surface area contributed by atoms with Crippen molar-refractivity contribution in [2.24, 2.45) is 0 Å². The molecule has 0 radical (unpaired) electrons. The number of nitrogens with zero attached hydrogens (tertiary/aromatic N) is 1. The van der Waals surface area contributed by atoms with E-state index in [-0.39, 0.29) is 19.1 Å². The van der Waals surface area contributed by atoms with E-state index in [0.29, 0.717) is 17.4 Å². The fourth-order valence-electron chi connectivity index (χ4n) is 7.90. The molecule has 0 aromatic heterocycles. The number of quaternary nitrogens is 1. The van der Waals surface area contributed by atoms with Gasteiger partial charge < -0.3 is 19.8 Å². The van der Waals surface area contributed by atoms with Crippen LogP contribution in [0.15, 0.2) is 109 Å². The summed E-state index contributed by atoms with van der Waals surface area (Å²) >= 11 is 0. The van der Waals surface area contributed by atoms with Crippen molar-refractivity contribution >= 4 is 13.7 Å². The number of likely N-dealkylation sites (N-methyl/N-ethyl adjacent to an activating group) is 1. The van der Waals surface area contributed by atoms with Crippen molar-refractivity contribution in [3.05, 3.63) is 109 Å². The maximum absolute atomic E-state index is 13.0. The second-order valence-electron chi connectivity index (χ2n) is 20.6. The molecule has 0 spiro atoms. The molecule has 0 saturated carbocycles. The van der Waals surface area contributed by atoms with Crippen molar-refractivity contribution in [3.8, 4) is 0 Å². The third-order valence-corrected chi connectivity index (χ3v) is 13.4. The predicted molar refractivity (Wildman–Crippen MR) is 313 cm³/mol. The van der Waals surface area contributed by atoms with Crippen molar-refractivity contribution in [1.29, 1.82) is 0 Å². The number of aliphatic hydroxyl groups excluding tert-OH is 1. The lowest BCUT2D eigenvalue weighted by atomic mass is 10.0. The van der Waals surface area contributed by atoms with Gasteiger partial charge in [-0.15, -0.1) is 0 Å². The van der Waals surface area contributed by atoms with E-state index in [1.807, 2.05) is 27.2 Å². The number of nitrogens with one attached hydrogen (secondary N) is 1. The van der Waals surface area contributed by atoms with Gasteiger partial charge in [0.15, 0.2) is 0 Å². The number of hydrogen-bond acceptors (Lipinski definition) is 5. The first-order valence-electron chi connectivity index (χ1n) is 29.3. The van der Waals surface area contributed by atoms with Crippen LogP contribution in [0.1, 0.15) is 232 Å². The molecular formula is C63H112N2O6P+. The van der Waals surface area contributed by atoms with Gasteiger partial charge in [-0.3, -0.25) is 13.8 Å². The first-order chi connectivity index (χ1) is 35.0. The number of hydrogen-bond donors (Lipinski definition) is 3. The Kier molecular flexibility index (Phi) is 50.9. The first-order valence-corrected chi connectivity index (χ1v) is 30.8. The summed E-state index contributed by atoms with van der Waals surface area (Å²) in [5.41, 5.74) is 0. The number of unbranched alkanes of at least 4 members (excludes halogenated alkanes) is 23. The van der Waals surface area contributed by atoms with E-state index in [2.05, 4.69) is 116 Å². The average molecular weight is 1020 g/mol. The van der Waals surface area contributed by atoms with Gasteiger partial charge in [0, 0.05) is 6.42 Å². The van der Waals surface area contributed by atoms with Crippen LogP contribution < -0.4 is 5.32 Å². The molecule has 414 valence electrons. The average Bonchev–Trinajstić information content (AvgIpc) is 3.34. The summed E-state index contributed by atoms with van der Waals surface area (Å²) in [4.78, 5) is 23.3. The standard InChI is InChI=1S/C63H111N2O6P/c1-6-8-10-12-14-16-18-20-22-24-26-28-30-31-32-33-35-37-39-41-43-45-47-49-51-53-55-57-63(67)64-61(60-71-72(68,69)70-59-58-65(3,4)5)62(66)56-54-52-50-48-46-44-42-40-38-36-34-29-27-25-23-21-19-17-15-13-11-9-7-2/h8,10,14,16,20,22,26,28,31-32,35,37-38,40,46,48,54,56,61-62,66H,6-7,9,11-13,15,17-19,21,23-25,27,29-30,33-34,36,39,41-45,47,49-53,55,57-60H2,1-5H3,(H-,64,67,68,69)/p+1/b10-8-,16-14-,22-20-,28-26-,32-31-,37-35-,40-38+,48-46+,56-54+. The molecule has 8 nitrogen and oxygen atoms in total. The third kappa shape index (κ3) is 54.9. The normalized spacial score (nSPS) is 14.7. The molecule has 9 heteroatoms. The topological polar surface area (TPSA) is 105 Å². The first kappa shape index (κ1) is 69.2. The van der Waals surface area contributed by atoms with E-state index in [1.54, 1.807) is 6.08 Å². The maximum atomic E-state index is 13.0. The number of carbonyl (C=O) groups excluding carboxylic acids is 1. The molecule has 0 fully saturated rings. The second-order valence-corrected chi connectivity index (χ2v) is 22.1. The van der Waals surface area contributed by atoms with Gasteiger partial charge >= 0.3 is 7.82 Å². The van der Waals surface area contributed by atoms with E-state index in [0.717, 1.165) is 96.3 Å². The summed E-state index contributed by atoms with van der Waals surface area (Å²) < 4.78 is 23.7. The van der Waals surface area contributed by atoms with Crippen molar-refractivity contribution in [2.75, 3.05) is 40.9 Å². The van der Waals surface area contributed by atoms with Crippen LogP contribution in [0.3, 0.4) is 0 Å². The Labute approximate surface area is 444 Å². The molecule has 0 aliphatic carbocycles. The fraction of sp³-hybridized carbons (Fsp3) is 0.698. The molecule has 0 aromatic rings. The molecule has 3 atom stereocenters. The lowest BCUT2D eigenvalue weighted by Crippen LogP contribution is -2.45. The van der Waals surface area contributed by atoms with Gasteiger partial charge in [-0.05, 0) is 96.3 Å². The summed E-state index contributed by atoms with van der Waals surface area (Å²) in [6, 6.07) is -0.883. The van der Waals surface area contributed by atoms with Crippen molar-refractivity contribution in [3.63, 3.8) is 0 Å². The van der Waals surface area contributed by atoms with Crippen LogP contribution in [0.25, 0.3) is 0 Å². The summed E-state index contributed by atoms with van der Waals surface area (Å²) in [5, 5.41) is 13.9. The molecular weight excluding hydrogens is 912 g/mol. The van der Waals surface area contributed by atoms with Crippen LogP contribution in [-0.2, 0) is 18.4 Å². The van der Waals surface area contributed by atoms with Crippen molar-refractivity contribution < 1.29 is 32.9 Å². The number of carbonyl (C=O) groups is 1. The minimum absolute atomic E-state index is 0.0460. The van der Waals surface area contributed by atoms with Crippen molar-refractivity contribution in [2.45, 2.75) is 244 Å². The zero-order valence-electron chi connectivity index (χ0n) is 47.1. The third-order valence-electron chi connectivity index (χ3n) is 12.5. The van der Waals surface area contributed by atoms with Crippen LogP contribution in [0.5, 0.6) is 0 Å². The molecule has 0 bridgehead atoms. The van der Waals surface area contributed by atoms with Crippen LogP contribution in [0.4, 0.5) is 0 Å². The van der Waals surface area contributed by atoms with Crippen LogP contribution in [0.2, 0.25) is 0 Å². The molecule has 0 saturated heterocycles. The van der Waals surface area contributed by atoms with E-state index in [1.165, 1.54) is 116 Å². The zero-order valence-corrected chi connectivity index (χ0v) is 48.0. The predicted octanol–water partition coefficient (Wildman–Crippen LogP) is 18.0. The Bertz CT molecular complexity index is 1540. The Balaban J connectivity index is 4.33. The lowest BCUT2D eigenvalue weighted by molar-refractivity contribution is -0.870. The molecule has 0 aromatic carbocycles. The minimum atomic E-state index is -4.37. The molecule has 1 amide bonds. The molecule has 72 heavy (non-hydrogen) atoms. The highest BCUT2D eigenvalue weighted by molar-refractivity contribution is 7.47. The number of phosphoric ester groups is 1. The minimum Gasteiger partial charge on any atom is -0.387 e. The van der Waals surface area contributed by atoms with Gasteiger partial charge in [-0.1, -0.05) is 239 Å². The number of aliphatic hydroxyl groups is 1. The summed E-state index contributed by atoms with van der Waals surface area (Å²) in [6.45, 7) is 4.67. The van der Waals surface area contributed by atoms with Gasteiger partial charge in [0.25, 0.3) is 0 Å². The summed E-state index contributed by atoms with van der Waals surface area (Å²) in [7, 11) is 1.53. The van der Waals surface area contributed by atoms with Gasteiger partial charge in [0.05, 0.1) is 39.9 Å². The van der Waals surface area contributed by atoms with Gasteiger partial charge in [0.2, 0.25) is 5.91 Å². The van der Waals surface area contributed by atoms with E-state index < -0.39 is 20.0 Å². The molecule has 3 unspecified atom stereocenters. The molecule has 3 N–H and O–H groups in total. The van der Waals surface area contributed by atoms with E-state index >= 15 is 0 Å². The summed E-state index contributed by atoms with van der Waals surface area (Å²) in [6.07, 6.45) is 77.6. The quantitative estimate of drug-likeness (QED) is 0.0243. The molecule has 0 aliphatic heterocycles. The highest BCUT2D eigenvalue weighted by Gasteiger charge is 2.27. The van der Waals surface area contributed by atoms with E-state index in [4.69, 9.17) is 9.05 Å². The van der Waals surface area contributed by atoms with Crippen LogP contribution in [-0.4, -0.2) is 73.4 Å². The van der Waals surface area contributed by atoms with Gasteiger partial charge in [-0.2, -0.15) is 0 Å².